The summed E-state index contributed by atoms with van der Waals surface area (Å²) in [5.74, 6) is 0.471. The van der Waals surface area contributed by atoms with Crippen molar-refractivity contribution in [2.24, 2.45) is 18.7 Å². The van der Waals surface area contributed by atoms with Crippen molar-refractivity contribution >= 4 is 0 Å². The lowest BCUT2D eigenvalue weighted by Gasteiger charge is -2.12. The van der Waals surface area contributed by atoms with Crippen LogP contribution in [-0.2, 0) is 7.05 Å². The van der Waals surface area contributed by atoms with E-state index in [4.69, 9.17) is 5.73 Å². The molecule has 62 valence electrons. The van der Waals surface area contributed by atoms with Gasteiger partial charge in [0.05, 0.1) is 6.20 Å². The number of rotatable bonds is 2. The number of aromatic nitrogens is 2. The molecule has 0 aliphatic heterocycles. The van der Waals surface area contributed by atoms with Gasteiger partial charge in [0.2, 0.25) is 0 Å². The van der Waals surface area contributed by atoms with E-state index in [1.54, 1.807) is 4.68 Å². The Kier molecular flexibility index (Phi) is 2.29. The van der Waals surface area contributed by atoms with Crippen LogP contribution >= 0.6 is 0 Å². The Bertz CT molecular complexity index is 227. The molecule has 0 aromatic carbocycles. The van der Waals surface area contributed by atoms with E-state index in [0.29, 0.717) is 5.92 Å². The summed E-state index contributed by atoms with van der Waals surface area (Å²) in [7, 11) is 1.90. The maximum atomic E-state index is 5.90. The van der Waals surface area contributed by atoms with Gasteiger partial charge in [-0.15, -0.1) is 0 Å². The van der Waals surface area contributed by atoms with Crippen LogP contribution in [0.4, 0.5) is 0 Å². The van der Waals surface area contributed by atoms with Crippen LogP contribution in [0.5, 0.6) is 0 Å². The molecule has 1 aromatic rings. The minimum Gasteiger partial charge on any atom is -0.324 e. The van der Waals surface area contributed by atoms with Crippen LogP contribution < -0.4 is 5.73 Å². The van der Waals surface area contributed by atoms with Crippen LogP contribution in [0.15, 0.2) is 12.4 Å². The van der Waals surface area contributed by atoms with E-state index < -0.39 is 0 Å². The van der Waals surface area contributed by atoms with Crippen molar-refractivity contribution in [1.29, 1.82) is 0 Å². The van der Waals surface area contributed by atoms with Gasteiger partial charge >= 0.3 is 0 Å². The highest BCUT2D eigenvalue weighted by atomic mass is 15.2. The normalized spacial score (nSPS) is 13.9. The molecule has 1 heterocycles. The van der Waals surface area contributed by atoms with Gasteiger partial charge in [0, 0.05) is 24.8 Å². The van der Waals surface area contributed by atoms with Gasteiger partial charge in [0.1, 0.15) is 0 Å². The largest absolute Gasteiger partial charge is 0.324 e. The Morgan fingerprint density at radius 3 is 2.55 bits per heavy atom. The molecule has 1 aromatic heterocycles. The molecule has 0 unspecified atom stereocenters. The van der Waals surface area contributed by atoms with Gasteiger partial charge < -0.3 is 5.73 Å². The predicted octanol–water partition coefficient (Wildman–Crippen LogP) is 1.08. The van der Waals surface area contributed by atoms with Crippen molar-refractivity contribution < 1.29 is 0 Å². The minimum absolute atomic E-state index is 0.115. The first-order valence-corrected chi connectivity index (χ1v) is 3.85. The van der Waals surface area contributed by atoms with E-state index in [1.165, 1.54) is 0 Å². The highest BCUT2D eigenvalue weighted by molar-refractivity contribution is 5.09. The zero-order valence-corrected chi connectivity index (χ0v) is 7.28. The van der Waals surface area contributed by atoms with Crippen molar-refractivity contribution in [3.63, 3.8) is 0 Å². The Labute approximate surface area is 67.2 Å². The fraction of sp³-hybridized carbons (Fsp3) is 0.625. The van der Waals surface area contributed by atoms with E-state index >= 15 is 0 Å². The molecule has 0 aliphatic carbocycles. The summed E-state index contributed by atoms with van der Waals surface area (Å²) < 4.78 is 1.78. The molecule has 0 bridgehead atoms. The molecule has 0 saturated carbocycles. The summed E-state index contributed by atoms with van der Waals surface area (Å²) in [5.41, 5.74) is 7.01. The molecule has 0 spiro atoms. The van der Waals surface area contributed by atoms with Crippen molar-refractivity contribution in [2.75, 3.05) is 0 Å². The highest BCUT2D eigenvalue weighted by Gasteiger charge is 2.11. The second-order valence-electron chi connectivity index (χ2n) is 3.22. The van der Waals surface area contributed by atoms with Gasteiger partial charge in [0.15, 0.2) is 0 Å². The van der Waals surface area contributed by atoms with Crippen LogP contribution in [0, 0.1) is 5.92 Å². The third kappa shape index (κ3) is 1.80. The molecule has 0 fully saturated rings. The first-order valence-electron chi connectivity index (χ1n) is 3.85. The predicted molar refractivity (Wildman–Crippen MR) is 45.0 cm³/mol. The lowest BCUT2D eigenvalue weighted by atomic mass is 10.0. The molecule has 1 atom stereocenters. The van der Waals surface area contributed by atoms with Gasteiger partial charge in [0.25, 0.3) is 0 Å². The molecule has 0 saturated heterocycles. The molecule has 11 heavy (non-hydrogen) atoms. The molecule has 1 rings (SSSR count). The molecule has 0 radical (unpaired) electrons. The second-order valence-corrected chi connectivity index (χ2v) is 3.22. The zero-order chi connectivity index (χ0) is 8.43. The number of nitrogens with zero attached hydrogens (tertiary/aromatic N) is 2. The summed E-state index contributed by atoms with van der Waals surface area (Å²) in [4.78, 5) is 0. The van der Waals surface area contributed by atoms with Crippen molar-refractivity contribution in [3.8, 4) is 0 Å². The number of nitrogens with two attached hydrogens (primary N) is 1. The van der Waals surface area contributed by atoms with Crippen LogP contribution in [0.1, 0.15) is 25.5 Å². The van der Waals surface area contributed by atoms with Gasteiger partial charge in [-0.3, -0.25) is 4.68 Å². The standard InChI is InChI=1S/C8H15N3/c1-6(2)8(9)7-4-10-11(3)5-7/h4-6,8H,9H2,1-3H3/t8-/m1/s1. The Balaban J connectivity index is 2.76. The van der Waals surface area contributed by atoms with Crippen molar-refractivity contribution in [3.05, 3.63) is 18.0 Å². The average Bonchev–Trinajstić information content (AvgIpc) is 2.34. The van der Waals surface area contributed by atoms with E-state index in [1.807, 2.05) is 19.4 Å². The van der Waals surface area contributed by atoms with Gasteiger partial charge in [-0.25, -0.2) is 0 Å². The number of hydrogen-bond donors (Lipinski definition) is 1. The minimum atomic E-state index is 0.115. The first kappa shape index (κ1) is 8.27. The quantitative estimate of drug-likeness (QED) is 0.690. The lowest BCUT2D eigenvalue weighted by Crippen LogP contribution is -2.15. The molecule has 3 nitrogen and oxygen atoms in total. The number of aryl methyl sites for hydroxylation is 1. The second kappa shape index (κ2) is 3.05. The molecule has 0 amide bonds. The zero-order valence-electron chi connectivity index (χ0n) is 7.28. The van der Waals surface area contributed by atoms with Crippen LogP contribution in [0.3, 0.4) is 0 Å². The van der Waals surface area contributed by atoms with E-state index in [2.05, 4.69) is 18.9 Å². The molecule has 3 heteroatoms. The van der Waals surface area contributed by atoms with Gasteiger partial charge in [-0.2, -0.15) is 5.10 Å². The van der Waals surface area contributed by atoms with E-state index in [0.717, 1.165) is 5.56 Å². The Hall–Kier alpha value is -0.830. The van der Waals surface area contributed by atoms with Gasteiger partial charge in [-0.05, 0) is 5.92 Å². The monoisotopic (exact) mass is 153 g/mol. The summed E-state index contributed by atoms with van der Waals surface area (Å²) >= 11 is 0. The van der Waals surface area contributed by atoms with Gasteiger partial charge in [-0.1, -0.05) is 13.8 Å². The van der Waals surface area contributed by atoms with Crippen LogP contribution in [0.2, 0.25) is 0 Å². The molecular weight excluding hydrogens is 138 g/mol. The first-order chi connectivity index (χ1) is 5.11. The van der Waals surface area contributed by atoms with Crippen molar-refractivity contribution in [1.82, 2.24) is 9.78 Å². The SMILES string of the molecule is CC(C)[C@@H](N)c1cnn(C)c1. The molecular formula is C8H15N3. The number of hydrogen-bond acceptors (Lipinski definition) is 2. The fourth-order valence-electron chi connectivity index (χ4n) is 0.997. The maximum Gasteiger partial charge on any atom is 0.0537 e. The average molecular weight is 153 g/mol. The van der Waals surface area contributed by atoms with Crippen LogP contribution in [-0.4, -0.2) is 9.78 Å². The summed E-state index contributed by atoms with van der Waals surface area (Å²) in [6, 6.07) is 0.115. The fourth-order valence-corrected chi connectivity index (χ4v) is 0.997. The van der Waals surface area contributed by atoms with Crippen molar-refractivity contribution in [2.45, 2.75) is 19.9 Å². The maximum absolute atomic E-state index is 5.90. The summed E-state index contributed by atoms with van der Waals surface area (Å²) in [6.45, 7) is 4.22. The Morgan fingerprint density at radius 1 is 1.55 bits per heavy atom. The summed E-state index contributed by atoms with van der Waals surface area (Å²) in [5, 5.41) is 4.06. The third-order valence-corrected chi connectivity index (χ3v) is 1.83. The van der Waals surface area contributed by atoms with E-state index in [-0.39, 0.29) is 6.04 Å². The lowest BCUT2D eigenvalue weighted by molar-refractivity contribution is 0.514. The van der Waals surface area contributed by atoms with Crippen LogP contribution in [0.25, 0.3) is 0 Å². The molecule has 2 N–H and O–H groups in total. The Morgan fingerprint density at radius 2 is 2.18 bits per heavy atom. The topological polar surface area (TPSA) is 43.8 Å². The molecule has 0 aliphatic rings. The summed E-state index contributed by atoms with van der Waals surface area (Å²) in [6.07, 6.45) is 3.79. The third-order valence-electron chi connectivity index (χ3n) is 1.83. The highest BCUT2D eigenvalue weighted by Crippen LogP contribution is 2.16. The van der Waals surface area contributed by atoms with E-state index in [9.17, 15) is 0 Å². The smallest absolute Gasteiger partial charge is 0.0537 e.